The summed E-state index contributed by atoms with van der Waals surface area (Å²) in [4.78, 5) is 76.1. The van der Waals surface area contributed by atoms with Crippen LogP contribution in [-0.2, 0) is 40.1 Å². The highest BCUT2D eigenvalue weighted by Crippen LogP contribution is 2.19. The number of benzene rings is 1. The summed E-state index contributed by atoms with van der Waals surface area (Å²) in [5.41, 5.74) is 0.307. The van der Waals surface area contributed by atoms with Crippen molar-refractivity contribution in [1.82, 2.24) is 21.3 Å². The molecule has 12 heteroatoms. The minimum Gasteiger partial charge on any atom is -0.460 e. The lowest BCUT2D eigenvalue weighted by Crippen LogP contribution is -2.54. The molecule has 4 amide bonds. The molecule has 4 N–H and O–H groups in total. The van der Waals surface area contributed by atoms with Crippen LogP contribution >= 0.6 is 0 Å². The van der Waals surface area contributed by atoms with E-state index in [2.05, 4.69) is 21.3 Å². The van der Waals surface area contributed by atoms with Crippen LogP contribution in [-0.4, -0.2) is 59.8 Å². The van der Waals surface area contributed by atoms with Crippen LogP contribution in [0.1, 0.15) is 79.2 Å². The van der Waals surface area contributed by atoms with Gasteiger partial charge >= 0.3 is 12.1 Å². The standard InChI is InChI=1S/C32H46N4O8/c1-20(2)16-25(29(40)34-24(13-12-21(3)37)17-23-14-15-33-28(23)39)35-30(41)26(18-27(38)44-32(4,5)6)36-31(42)43-19-22-10-8-7-9-11-22/h7-11,13,20,23,25-26H,12,14-19H2,1-6H3,(H,33,39)(H,34,40)(H,35,41)(H,36,42)/t23-,25-,26-/m0/s1. The number of nitrogens with one attached hydrogen (secondary N) is 4. The molecule has 1 heterocycles. The number of alkyl carbamates (subject to hydrolysis) is 1. The second kappa shape index (κ2) is 17.2. The number of rotatable bonds is 15. The molecular weight excluding hydrogens is 568 g/mol. The van der Waals surface area contributed by atoms with Crippen LogP contribution in [0.2, 0.25) is 0 Å². The number of hydrogen-bond acceptors (Lipinski definition) is 8. The van der Waals surface area contributed by atoms with Gasteiger partial charge in [0.05, 0.1) is 6.42 Å². The van der Waals surface area contributed by atoms with E-state index in [9.17, 15) is 28.8 Å². The second-order valence-electron chi connectivity index (χ2n) is 12.3. The van der Waals surface area contributed by atoms with E-state index in [0.717, 1.165) is 5.56 Å². The molecule has 0 saturated carbocycles. The summed E-state index contributed by atoms with van der Waals surface area (Å²) in [6.45, 7) is 10.7. The van der Waals surface area contributed by atoms with Crippen molar-refractivity contribution >= 4 is 35.6 Å². The fourth-order valence-electron chi connectivity index (χ4n) is 4.44. The lowest BCUT2D eigenvalue weighted by atomic mass is 9.99. The minimum atomic E-state index is -1.40. The predicted octanol–water partition coefficient (Wildman–Crippen LogP) is 3.05. The van der Waals surface area contributed by atoms with Crippen LogP contribution in [0.3, 0.4) is 0 Å². The Kier molecular flexibility index (Phi) is 14.0. The van der Waals surface area contributed by atoms with Crippen molar-refractivity contribution in [3.05, 3.63) is 47.7 Å². The number of Topliss-reactive ketones (excluding diaryl/α,β-unsaturated/α-hetero) is 1. The van der Waals surface area contributed by atoms with E-state index in [1.807, 2.05) is 19.9 Å². The maximum absolute atomic E-state index is 13.5. The quantitative estimate of drug-likeness (QED) is 0.219. The van der Waals surface area contributed by atoms with Crippen molar-refractivity contribution in [2.75, 3.05) is 6.54 Å². The molecule has 1 aromatic carbocycles. The van der Waals surface area contributed by atoms with Crippen LogP contribution in [0.25, 0.3) is 0 Å². The van der Waals surface area contributed by atoms with Crippen molar-refractivity contribution in [3.8, 4) is 0 Å². The van der Waals surface area contributed by atoms with Crippen LogP contribution in [0.5, 0.6) is 0 Å². The van der Waals surface area contributed by atoms with Gasteiger partial charge in [0.25, 0.3) is 0 Å². The Hall–Kier alpha value is -4.22. The topological polar surface area (TPSA) is 169 Å². The van der Waals surface area contributed by atoms with E-state index in [1.54, 1.807) is 51.1 Å². The van der Waals surface area contributed by atoms with Crippen molar-refractivity contribution in [3.63, 3.8) is 0 Å². The Morgan fingerprint density at radius 1 is 1.02 bits per heavy atom. The second-order valence-corrected chi connectivity index (χ2v) is 12.3. The fraction of sp³-hybridized carbons (Fsp3) is 0.562. The van der Waals surface area contributed by atoms with E-state index in [-0.39, 0.29) is 49.4 Å². The molecule has 2 rings (SSSR count). The first-order valence-electron chi connectivity index (χ1n) is 14.9. The van der Waals surface area contributed by atoms with Gasteiger partial charge < -0.3 is 30.7 Å². The van der Waals surface area contributed by atoms with Crippen LogP contribution in [0.15, 0.2) is 42.1 Å². The molecule has 44 heavy (non-hydrogen) atoms. The SMILES string of the molecule is CC(=O)CC=C(C[C@@H]1CCNC1=O)NC(=O)[C@H](CC(C)C)NC(=O)[C@H](CC(=O)OC(C)(C)C)NC(=O)OCc1ccccc1. The summed E-state index contributed by atoms with van der Waals surface area (Å²) >= 11 is 0. The van der Waals surface area contributed by atoms with E-state index in [4.69, 9.17) is 9.47 Å². The third-order valence-corrected chi connectivity index (χ3v) is 6.50. The Morgan fingerprint density at radius 3 is 2.27 bits per heavy atom. The van der Waals surface area contributed by atoms with E-state index >= 15 is 0 Å². The molecule has 1 fully saturated rings. The number of allylic oxidation sites excluding steroid dienone is 2. The van der Waals surface area contributed by atoms with Crippen molar-refractivity contribution in [2.45, 2.75) is 97.9 Å². The van der Waals surface area contributed by atoms with Gasteiger partial charge in [0.2, 0.25) is 17.7 Å². The zero-order valence-corrected chi connectivity index (χ0v) is 26.5. The molecule has 0 radical (unpaired) electrons. The molecule has 0 unspecified atom stereocenters. The predicted molar refractivity (Wildman–Crippen MR) is 163 cm³/mol. The van der Waals surface area contributed by atoms with Gasteiger partial charge in [-0.25, -0.2) is 4.79 Å². The summed E-state index contributed by atoms with van der Waals surface area (Å²) in [7, 11) is 0. The largest absolute Gasteiger partial charge is 0.460 e. The van der Waals surface area contributed by atoms with Crippen molar-refractivity contribution in [2.24, 2.45) is 11.8 Å². The van der Waals surface area contributed by atoms with E-state index < -0.39 is 48.0 Å². The van der Waals surface area contributed by atoms with Gasteiger partial charge in [0.1, 0.15) is 30.1 Å². The average molecular weight is 615 g/mol. The molecule has 0 aliphatic carbocycles. The molecule has 1 aromatic rings. The molecule has 0 spiro atoms. The third kappa shape index (κ3) is 13.8. The Balaban J connectivity index is 2.20. The molecular formula is C32H46N4O8. The van der Waals surface area contributed by atoms with Gasteiger partial charge in [-0.15, -0.1) is 0 Å². The maximum Gasteiger partial charge on any atom is 0.408 e. The number of ether oxygens (including phenoxy) is 2. The van der Waals surface area contributed by atoms with Gasteiger partial charge in [-0.2, -0.15) is 0 Å². The lowest BCUT2D eigenvalue weighted by molar-refractivity contribution is -0.156. The van der Waals surface area contributed by atoms with Gasteiger partial charge in [-0.3, -0.25) is 24.0 Å². The molecule has 0 aromatic heterocycles. The highest BCUT2D eigenvalue weighted by atomic mass is 16.6. The van der Waals surface area contributed by atoms with E-state index in [1.165, 1.54) is 6.92 Å². The first kappa shape index (κ1) is 36.0. The number of esters is 1. The van der Waals surface area contributed by atoms with Gasteiger partial charge in [0, 0.05) is 24.6 Å². The summed E-state index contributed by atoms with van der Waals surface area (Å²) < 4.78 is 10.6. The third-order valence-electron chi connectivity index (χ3n) is 6.50. The Labute approximate surface area is 259 Å². The molecule has 12 nitrogen and oxygen atoms in total. The van der Waals surface area contributed by atoms with Gasteiger partial charge in [-0.1, -0.05) is 50.3 Å². The average Bonchev–Trinajstić information content (AvgIpc) is 3.32. The molecule has 3 atom stereocenters. The van der Waals surface area contributed by atoms with Crippen molar-refractivity contribution in [1.29, 1.82) is 0 Å². The van der Waals surface area contributed by atoms with E-state index in [0.29, 0.717) is 18.7 Å². The molecule has 0 bridgehead atoms. The number of amides is 4. The summed E-state index contributed by atoms with van der Waals surface area (Å²) in [6.07, 6.45) is 1.28. The Bertz CT molecular complexity index is 1210. The number of carbonyl (C=O) groups is 6. The zero-order chi connectivity index (χ0) is 32.9. The smallest absolute Gasteiger partial charge is 0.408 e. The molecule has 242 valence electrons. The number of hydrogen-bond donors (Lipinski definition) is 4. The van der Waals surface area contributed by atoms with Gasteiger partial charge in [0.15, 0.2) is 0 Å². The number of carbonyl (C=O) groups excluding carboxylic acids is 6. The fourth-order valence-corrected chi connectivity index (χ4v) is 4.44. The summed E-state index contributed by atoms with van der Waals surface area (Å²) in [6, 6.07) is 6.49. The van der Waals surface area contributed by atoms with Crippen LogP contribution < -0.4 is 21.3 Å². The van der Waals surface area contributed by atoms with Crippen molar-refractivity contribution < 1.29 is 38.2 Å². The number of ketones is 1. The van der Waals surface area contributed by atoms with Gasteiger partial charge in [-0.05, 0) is 58.4 Å². The Morgan fingerprint density at radius 2 is 1.70 bits per heavy atom. The molecule has 1 aliphatic heterocycles. The normalized spacial score (nSPS) is 16.4. The molecule has 1 saturated heterocycles. The monoisotopic (exact) mass is 614 g/mol. The summed E-state index contributed by atoms with van der Waals surface area (Å²) in [5, 5.41) is 10.6. The first-order valence-corrected chi connectivity index (χ1v) is 14.9. The first-order chi connectivity index (χ1) is 20.6. The highest BCUT2D eigenvalue weighted by Gasteiger charge is 2.32. The maximum atomic E-state index is 13.5. The molecule has 1 aliphatic rings. The highest BCUT2D eigenvalue weighted by molar-refractivity contribution is 5.94. The van der Waals surface area contributed by atoms with Crippen LogP contribution in [0, 0.1) is 11.8 Å². The lowest BCUT2D eigenvalue weighted by Gasteiger charge is -2.26. The summed E-state index contributed by atoms with van der Waals surface area (Å²) in [5.74, 6) is -2.68. The minimum absolute atomic E-state index is 0.0237. The zero-order valence-electron chi connectivity index (χ0n) is 26.5. The van der Waals surface area contributed by atoms with Crippen LogP contribution in [0.4, 0.5) is 4.79 Å².